The Labute approximate surface area is 157 Å². The van der Waals surface area contributed by atoms with Crippen molar-refractivity contribution in [1.29, 1.82) is 0 Å². The van der Waals surface area contributed by atoms with E-state index in [1.807, 2.05) is 35.2 Å². The molecule has 1 saturated heterocycles. The van der Waals surface area contributed by atoms with Crippen molar-refractivity contribution in [3.05, 3.63) is 53.2 Å². The van der Waals surface area contributed by atoms with E-state index in [4.69, 9.17) is 0 Å². The third-order valence-electron chi connectivity index (χ3n) is 5.08. The molecule has 1 amide bonds. The summed E-state index contributed by atoms with van der Waals surface area (Å²) in [5.41, 5.74) is 1.09. The summed E-state index contributed by atoms with van der Waals surface area (Å²) in [6.45, 7) is 5.83. The highest BCUT2D eigenvalue weighted by Crippen LogP contribution is 2.21. The fourth-order valence-corrected chi connectivity index (χ4v) is 3.93. The van der Waals surface area contributed by atoms with Gasteiger partial charge in [-0.05, 0) is 30.4 Å². The zero-order chi connectivity index (χ0) is 19.0. The number of aromatic nitrogens is 4. The van der Waals surface area contributed by atoms with Crippen molar-refractivity contribution >= 4 is 16.9 Å². The van der Waals surface area contributed by atoms with Gasteiger partial charge in [-0.3, -0.25) is 14.2 Å². The predicted octanol–water partition coefficient (Wildman–Crippen LogP) is 2.09. The second-order valence-corrected chi connectivity index (χ2v) is 7.55. The highest BCUT2D eigenvalue weighted by molar-refractivity contribution is 5.78. The lowest BCUT2D eigenvalue weighted by molar-refractivity contribution is -0.134. The highest BCUT2D eigenvalue weighted by Gasteiger charge is 2.25. The molecule has 27 heavy (non-hydrogen) atoms. The van der Waals surface area contributed by atoms with E-state index in [1.165, 1.54) is 17.1 Å². The van der Waals surface area contributed by atoms with Gasteiger partial charge in [0, 0.05) is 13.1 Å². The molecule has 1 aliphatic rings. The van der Waals surface area contributed by atoms with Gasteiger partial charge >= 0.3 is 0 Å². The lowest BCUT2D eigenvalue weighted by Gasteiger charge is -2.35. The first-order valence-electron chi connectivity index (χ1n) is 9.29. The third-order valence-corrected chi connectivity index (χ3v) is 5.08. The molecular formula is C20H23N5O2. The number of nitrogens with zero attached hydrogens (tertiary/aromatic N) is 5. The summed E-state index contributed by atoms with van der Waals surface area (Å²) in [5.74, 6) is 0.936. The van der Waals surface area contributed by atoms with Crippen LogP contribution in [0.2, 0.25) is 0 Å². The number of rotatable bonds is 3. The fraction of sp³-hybridized carbons (Fsp3) is 0.400. The van der Waals surface area contributed by atoms with Crippen LogP contribution in [0.15, 0.2) is 47.7 Å². The molecule has 0 radical (unpaired) electrons. The summed E-state index contributed by atoms with van der Waals surface area (Å²) in [5, 5.41) is 4.71. The molecule has 0 bridgehead atoms. The first kappa shape index (κ1) is 17.5. The quantitative estimate of drug-likeness (QED) is 0.712. The Morgan fingerprint density at radius 3 is 2.56 bits per heavy atom. The number of piperidine rings is 1. The topological polar surface area (TPSA) is 73.0 Å². The van der Waals surface area contributed by atoms with E-state index in [1.54, 1.807) is 4.68 Å². The Morgan fingerprint density at radius 1 is 1.15 bits per heavy atom. The number of carbonyl (C=O) groups excluding carboxylic acids is 1. The molecule has 0 saturated carbocycles. The first-order chi connectivity index (χ1) is 13.0. The second kappa shape index (κ2) is 6.98. The number of amides is 1. The van der Waals surface area contributed by atoms with E-state index < -0.39 is 0 Å². The minimum atomic E-state index is -0.242. The number of benzene rings is 1. The molecular weight excluding hydrogens is 342 g/mol. The van der Waals surface area contributed by atoms with Crippen molar-refractivity contribution in [2.75, 3.05) is 13.1 Å². The van der Waals surface area contributed by atoms with Crippen LogP contribution in [0.25, 0.3) is 16.7 Å². The molecule has 0 N–H and O–H groups in total. The van der Waals surface area contributed by atoms with Gasteiger partial charge in [0.2, 0.25) is 5.91 Å². The fourth-order valence-electron chi connectivity index (χ4n) is 3.93. The Balaban J connectivity index is 1.61. The van der Waals surface area contributed by atoms with Crippen LogP contribution in [0.5, 0.6) is 0 Å². The Bertz CT molecular complexity index is 1010. The van der Waals surface area contributed by atoms with Gasteiger partial charge in [0.25, 0.3) is 5.56 Å². The number of likely N-dealkylation sites (tertiary alicyclic amines) is 1. The summed E-state index contributed by atoms with van der Waals surface area (Å²) in [7, 11) is 0. The van der Waals surface area contributed by atoms with Crippen molar-refractivity contribution in [1.82, 2.24) is 24.2 Å². The third kappa shape index (κ3) is 3.37. The predicted molar refractivity (Wildman–Crippen MR) is 103 cm³/mol. The van der Waals surface area contributed by atoms with Gasteiger partial charge < -0.3 is 4.90 Å². The minimum Gasteiger partial charge on any atom is -0.341 e. The molecule has 3 aromatic rings. The molecule has 7 heteroatoms. The largest absolute Gasteiger partial charge is 0.341 e. The van der Waals surface area contributed by atoms with Crippen LogP contribution in [-0.2, 0) is 11.3 Å². The van der Waals surface area contributed by atoms with Crippen LogP contribution in [0.1, 0.15) is 20.3 Å². The van der Waals surface area contributed by atoms with E-state index in [2.05, 4.69) is 23.9 Å². The summed E-state index contributed by atoms with van der Waals surface area (Å²) < 4.78 is 3.02. The van der Waals surface area contributed by atoms with Crippen molar-refractivity contribution in [2.24, 2.45) is 11.8 Å². The summed E-state index contributed by atoms with van der Waals surface area (Å²) >= 11 is 0. The normalized spacial score (nSPS) is 20.1. The van der Waals surface area contributed by atoms with Crippen molar-refractivity contribution in [2.45, 2.75) is 26.8 Å². The number of fused-ring (bicyclic) bond motifs is 1. The molecule has 1 fully saturated rings. The van der Waals surface area contributed by atoms with E-state index >= 15 is 0 Å². The molecule has 1 aromatic carbocycles. The maximum atomic E-state index is 12.8. The van der Waals surface area contributed by atoms with Crippen LogP contribution in [0.3, 0.4) is 0 Å². The summed E-state index contributed by atoms with van der Waals surface area (Å²) in [4.78, 5) is 31.8. The van der Waals surface area contributed by atoms with E-state index in [-0.39, 0.29) is 18.0 Å². The Hall–Kier alpha value is -2.96. The Morgan fingerprint density at radius 2 is 1.85 bits per heavy atom. The van der Waals surface area contributed by atoms with Gasteiger partial charge in [-0.2, -0.15) is 5.10 Å². The Kier molecular flexibility index (Phi) is 4.51. The molecule has 140 valence electrons. The minimum absolute atomic E-state index is 0.0116. The molecule has 2 aromatic heterocycles. The standard InChI is InChI=1S/C20H23N5O2/c1-14-8-15(2)11-23(10-14)18(26)12-24-13-21-19-17(20(24)27)9-22-25(19)16-6-4-3-5-7-16/h3-7,9,13-15H,8,10-12H2,1-2H3/t14-,15-/m0/s1. The van der Waals surface area contributed by atoms with Crippen LogP contribution < -0.4 is 5.56 Å². The van der Waals surface area contributed by atoms with Crippen molar-refractivity contribution < 1.29 is 4.79 Å². The lowest BCUT2D eigenvalue weighted by Crippen LogP contribution is -2.44. The molecule has 0 spiro atoms. The maximum Gasteiger partial charge on any atom is 0.264 e. The zero-order valence-corrected chi connectivity index (χ0v) is 15.6. The number of carbonyl (C=O) groups is 1. The van der Waals surface area contributed by atoms with E-state index in [0.29, 0.717) is 22.9 Å². The molecule has 0 unspecified atom stereocenters. The number of para-hydroxylation sites is 1. The van der Waals surface area contributed by atoms with Gasteiger partial charge in [-0.25, -0.2) is 9.67 Å². The van der Waals surface area contributed by atoms with E-state index in [9.17, 15) is 9.59 Å². The average Bonchev–Trinajstić information content (AvgIpc) is 3.09. The van der Waals surface area contributed by atoms with Crippen LogP contribution in [-0.4, -0.2) is 43.2 Å². The lowest BCUT2D eigenvalue weighted by atomic mass is 9.92. The van der Waals surface area contributed by atoms with Crippen LogP contribution in [0, 0.1) is 11.8 Å². The first-order valence-corrected chi connectivity index (χ1v) is 9.29. The van der Waals surface area contributed by atoms with Gasteiger partial charge in [-0.1, -0.05) is 32.0 Å². The maximum absolute atomic E-state index is 12.8. The molecule has 3 heterocycles. The van der Waals surface area contributed by atoms with Crippen LogP contribution >= 0.6 is 0 Å². The molecule has 4 rings (SSSR count). The monoisotopic (exact) mass is 365 g/mol. The van der Waals surface area contributed by atoms with Crippen LogP contribution in [0.4, 0.5) is 0 Å². The SMILES string of the molecule is C[C@H]1C[C@H](C)CN(C(=O)Cn2cnc3c(cnn3-c3ccccc3)c2=O)C1. The summed E-state index contributed by atoms with van der Waals surface area (Å²) in [6, 6.07) is 9.54. The van der Waals surface area contributed by atoms with Gasteiger partial charge in [-0.15, -0.1) is 0 Å². The zero-order valence-electron chi connectivity index (χ0n) is 15.6. The summed E-state index contributed by atoms with van der Waals surface area (Å²) in [6.07, 6.45) is 4.10. The van der Waals surface area contributed by atoms with Crippen molar-refractivity contribution in [3.8, 4) is 5.69 Å². The van der Waals surface area contributed by atoms with Gasteiger partial charge in [0.1, 0.15) is 18.3 Å². The molecule has 2 atom stereocenters. The van der Waals surface area contributed by atoms with Crippen molar-refractivity contribution in [3.63, 3.8) is 0 Å². The second-order valence-electron chi connectivity index (χ2n) is 7.55. The highest BCUT2D eigenvalue weighted by atomic mass is 16.2. The van der Waals surface area contributed by atoms with E-state index in [0.717, 1.165) is 25.2 Å². The molecule has 0 aliphatic carbocycles. The average molecular weight is 365 g/mol. The smallest absolute Gasteiger partial charge is 0.264 e. The number of hydrogen-bond acceptors (Lipinski definition) is 4. The van der Waals surface area contributed by atoms with Gasteiger partial charge in [0.15, 0.2) is 5.65 Å². The molecule has 1 aliphatic heterocycles. The number of hydrogen-bond donors (Lipinski definition) is 0. The van der Waals surface area contributed by atoms with Gasteiger partial charge in [0.05, 0.1) is 11.9 Å². The molecule has 7 nitrogen and oxygen atoms in total.